The van der Waals surface area contributed by atoms with Gasteiger partial charge in [0.25, 0.3) is 5.91 Å². The Balaban J connectivity index is 1.83. The molecule has 120 valence electrons. The van der Waals surface area contributed by atoms with Gasteiger partial charge in [0.1, 0.15) is 0 Å². The topological polar surface area (TPSA) is 32.3 Å². The van der Waals surface area contributed by atoms with E-state index in [0.717, 1.165) is 37.2 Å². The van der Waals surface area contributed by atoms with Gasteiger partial charge in [0.2, 0.25) is 0 Å². The van der Waals surface area contributed by atoms with E-state index in [1.54, 1.807) is 0 Å². The van der Waals surface area contributed by atoms with E-state index in [1.807, 2.05) is 60.5 Å². The number of hydrogen-bond acceptors (Lipinski definition) is 2. The summed E-state index contributed by atoms with van der Waals surface area (Å²) in [6.07, 6.45) is 1.04. The lowest BCUT2D eigenvalue weighted by molar-refractivity contribution is 0.0787. The molecule has 3 rings (SSSR count). The second-order valence-corrected chi connectivity index (χ2v) is 6.43. The van der Waals surface area contributed by atoms with Crippen LogP contribution in [0.1, 0.15) is 16.8 Å². The number of hydrogen-bond donors (Lipinski definition) is 1. The van der Waals surface area contributed by atoms with Crippen molar-refractivity contribution in [3.8, 4) is 11.1 Å². The number of benzene rings is 2. The van der Waals surface area contributed by atoms with Gasteiger partial charge in [-0.1, -0.05) is 48.0 Å². The fourth-order valence-corrected chi connectivity index (χ4v) is 3.34. The van der Waals surface area contributed by atoms with Crippen molar-refractivity contribution in [3.05, 3.63) is 59.1 Å². The van der Waals surface area contributed by atoms with Gasteiger partial charge < -0.3 is 10.2 Å². The van der Waals surface area contributed by atoms with Crippen molar-refractivity contribution >= 4 is 17.5 Å². The third-order valence-corrected chi connectivity index (χ3v) is 4.70. The summed E-state index contributed by atoms with van der Waals surface area (Å²) in [5, 5.41) is 3.71. The van der Waals surface area contributed by atoms with Gasteiger partial charge in [-0.25, -0.2) is 0 Å². The standard InChI is InChI=1S/C19H21ClN2O/c1-21-12-14-9-10-22(13-14)19(23)17-11-16(7-8-18(17)20)15-5-3-2-4-6-15/h2-8,11,14,21H,9-10,12-13H2,1H3/t14-/m1/s1. The highest BCUT2D eigenvalue weighted by atomic mass is 35.5. The molecule has 2 aromatic rings. The molecule has 0 aliphatic carbocycles. The molecule has 0 spiro atoms. The zero-order valence-corrected chi connectivity index (χ0v) is 14.0. The van der Waals surface area contributed by atoms with Crippen LogP contribution in [-0.2, 0) is 0 Å². The van der Waals surface area contributed by atoms with Crippen LogP contribution >= 0.6 is 11.6 Å². The lowest BCUT2D eigenvalue weighted by Gasteiger charge is -2.18. The van der Waals surface area contributed by atoms with Gasteiger partial charge in [-0.2, -0.15) is 0 Å². The maximum atomic E-state index is 12.8. The largest absolute Gasteiger partial charge is 0.338 e. The molecule has 23 heavy (non-hydrogen) atoms. The van der Waals surface area contributed by atoms with E-state index < -0.39 is 0 Å². The van der Waals surface area contributed by atoms with Gasteiger partial charge in [-0.05, 0) is 49.2 Å². The van der Waals surface area contributed by atoms with Crippen molar-refractivity contribution in [2.75, 3.05) is 26.7 Å². The average Bonchev–Trinajstić information content (AvgIpc) is 3.04. The third-order valence-electron chi connectivity index (χ3n) is 4.37. The number of carbonyl (C=O) groups is 1. The summed E-state index contributed by atoms with van der Waals surface area (Å²) < 4.78 is 0. The summed E-state index contributed by atoms with van der Waals surface area (Å²) >= 11 is 6.29. The van der Waals surface area contributed by atoms with Crippen molar-refractivity contribution in [3.63, 3.8) is 0 Å². The molecule has 1 aliphatic rings. The van der Waals surface area contributed by atoms with Gasteiger partial charge in [-0.15, -0.1) is 0 Å². The van der Waals surface area contributed by atoms with Crippen molar-refractivity contribution < 1.29 is 4.79 Å². The number of rotatable bonds is 4. The lowest BCUT2D eigenvalue weighted by atomic mass is 10.0. The minimum atomic E-state index is 0.0337. The van der Waals surface area contributed by atoms with E-state index in [-0.39, 0.29) is 5.91 Å². The van der Waals surface area contributed by atoms with E-state index in [9.17, 15) is 4.79 Å². The van der Waals surface area contributed by atoms with Gasteiger partial charge in [-0.3, -0.25) is 4.79 Å². The molecule has 1 saturated heterocycles. The molecule has 1 atom stereocenters. The smallest absolute Gasteiger partial charge is 0.255 e. The number of carbonyl (C=O) groups excluding carboxylic acids is 1. The average molecular weight is 329 g/mol. The second-order valence-electron chi connectivity index (χ2n) is 6.02. The van der Waals surface area contributed by atoms with E-state index in [4.69, 9.17) is 11.6 Å². The van der Waals surface area contributed by atoms with Crippen LogP contribution < -0.4 is 5.32 Å². The van der Waals surface area contributed by atoms with Crippen LogP contribution in [0.2, 0.25) is 5.02 Å². The summed E-state index contributed by atoms with van der Waals surface area (Å²) in [4.78, 5) is 14.7. The molecule has 1 heterocycles. The Morgan fingerprint density at radius 3 is 2.74 bits per heavy atom. The molecule has 0 saturated carbocycles. The molecule has 0 bridgehead atoms. The number of halogens is 1. The Morgan fingerprint density at radius 2 is 2.00 bits per heavy atom. The van der Waals surface area contributed by atoms with E-state index in [1.165, 1.54) is 0 Å². The Morgan fingerprint density at radius 1 is 1.22 bits per heavy atom. The Hall–Kier alpha value is -1.84. The van der Waals surface area contributed by atoms with Gasteiger partial charge in [0, 0.05) is 13.1 Å². The van der Waals surface area contributed by atoms with Crippen molar-refractivity contribution in [2.24, 2.45) is 5.92 Å². The fourth-order valence-electron chi connectivity index (χ4n) is 3.14. The van der Waals surface area contributed by atoms with Crippen molar-refractivity contribution in [2.45, 2.75) is 6.42 Å². The zero-order chi connectivity index (χ0) is 16.2. The number of nitrogens with one attached hydrogen (secondary N) is 1. The van der Waals surface area contributed by atoms with Crippen molar-refractivity contribution in [1.82, 2.24) is 10.2 Å². The molecule has 1 N–H and O–H groups in total. The molecule has 4 heteroatoms. The maximum absolute atomic E-state index is 12.8. The molecule has 3 nitrogen and oxygen atoms in total. The normalized spacial score (nSPS) is 17.5. The third kappa shape index (κ3) is 3.57. The maximum Gasteiger partial charge on any atom is 0.255 e. The second kappa shape index (κ2) is 7.16. The molecular weight excluding hydrogens is 308 g/mol. The lowest BCUT2D eigenvalue weighted by Crippen LogP contribution is -2.30. The van der Waals surface area contributed by atoms with E-state index >= 15 is 0 Å². The minimum absolute atomic E-state index is 0.0337. The van der Waals surface area contributed by atoms with Gasteiger partial charge >= 0.3 is 0 Å². The van der Waals surface area contributed by atoms with Crippen LogP contribution in [0.5, 0.6) is 0 Å². The Labute approximate surface area is 142 Å². The van der Waals surface area contributed by atoms with Crippen LogP contribution in [-0.4, -0.2) is 37.5 Å². The van der Waals surface area contributed by atoms with E-state index in [2.05, 4.69) is 5.32 Å². The van der Waals surface area contributed by atoms with Crippen LogP contribution in [0.15, 0.2) is 48.5 Å². The first kappa shape index (κ1) is 16.0. The number of amides is 1. The van der Waals surface area contributed by atoms with Crippen LogP contribution in [0.4, 0.5) is 0 Å². The Bertz CT molecular complexity index is 687. The molecular formula is C19H21ClN2O. The quantitative estimate of drug-likeness (QED) is 0.928. The van der Waals surface area contributed by atoms with Gasteiger partial charge in [0.05, 0.1) is 10.6 Å². The monoisotopic (exact) mass is 328 g/mol. The summed E-state index contributed by atoms with van der Waals surface area (Å²) in [6.45, 7) is 2.55. The van der Waals surface area contributed by atoms with Crippen LogP contribution in [0.3, 0.4) is 0 Å². The highest BCUT2D eigenvalue weighted by Crippen LogP contribution is 2.27. The molecule has 1 fully saturated rings. The molecule has 0 unspecified atom stereocenters. The molecule has 1 aliphatic heterocycles. The van der Waals surface area contributed by atoms with Crippen LogP contribution in [0.25, 0.3) is 11.1 Å². The molecule has 2 aromatic carbocycles. The van der Waals surface area contributed by atoms with E-state index in [0.29, 0.717) is 16.5 Å². The first-order valence-corrected chi connectivity index (χ1v) is 8.35. The minimum Gasteiger partial charge on any atom is -0.338 e. The summed E-state index contributed by atoms with van der Waals surface area (Å²) in [7, 11) is 1.95. The summed E-state index contributed by atoms with van der Waals surface area (Å²) in [6, 6.07) is 15.7. The Kier molecular flexibility index (Phi) is 4.99. The molecule has 0 aromatic heterocycles. The highest BCUT2D eigenvalue weighted by molar-refractivity contribution is 6.34. The predicted molar refractivity (Wildman–Crippen MR) is 94.8 cm³/mol. The predicted octanol–water partition coefficient (Wildman–Crippen LogP) is 3.69. The van der Waals surface area contributed by atoms with Gasteiger partial charge in [0.15, 0.2) is 0 Å². The molecule has 0 radical (unpaired) electrons. The first-order valence-electron chi connectivity index (χ1n) is 7.98. The summed E-state index contributed by atoms with van der Waals surface area (Å²) in [5.41, 5.74) is 2.70. The number of nitrogens with zero attached hydrogens (tertiary/aromatic N) is 1. The van der Waals surface area contributed by atoms with Crippen LogP contribution in [0, 0.1) is 5.92 Å². The highest BCUT2D eigenvalue weighted by Gasteiger charge is 2.27. The fraction of sp³-hybridized carbons (Fsp3) is 0.316. The molecule has 1 amide bonds. The zero-order valence-electron chi connectivity index (χ0n) is 13.3. The first-order chi connectivity index (χ1) is 11.2. The van der Waals surface area contributed by atoms with Crippen molar-refractivity contribution in [1.29, 1.82) is 0 Å². The number of likely N-dealkylation sites (tertiary alicyclic amines) is 1. The summed E-state index contributed by atoms with van der Waals surface area (Å²) in [5.74, 6) is 0.561. The SMILES string of the molecule is CNC[C@H]1CCN(C(=O)c2cc(-c3ccccc3)ccc2Cl)C1.